The molecule has 1 rings (SSSR count). The first kappa shape index (κ1) is 12.7. The van der Waals surface area contributed by atoms with E-state index in [0.29, 0.717) is 6.42 Å². The van der Waals surface area contributed by atoms with Crippen LogP contribution in [-0.4, -0.2) is 31.9 Å². The molecule has 16 heavy (non-hydrogen) atoms. The maximum Gasteiger partial charge on any atom is 0.323 e. The van der Waals surface area contributed by atoms with E-state index in [0.717, 1.165) is 6.42 Å². The fourth-order valence-corrected chi connectivity index (χ4v) is 1.54. The van der Waals surface area contributed by atoms with Gasteiger partial charge in [0.25, 0.3) is 0 Å². The fraction of sp³-hybridized carbons (Fsp3) is 0.600. The highest BCUT2D eigenvalue weighted by atomic mass is 16.6. The van der Waals surface area contributed by atoms with Crippen molar-refractivity contribution in [3.63, 3.8) is 0 Å². The van der Waals surface area contributed by atoms with Crippen molar-refractivity contribution in [2.75, 3.05) is 0 Å². The summed E-state index contributed by atoms with van der Waals surface area (Å²) in [5.41, 5.74) is 0. The maximum atomic E-state index is 10.6. The van der Waals surface area contributed by atoms with Crippen LogP contribution in [0.5, 0.6) is 0 Å². The van der Waals surface area contributed by atoms with Crippen molar-refractivity contribution >= 4 is 5.82 Å². The van der Waals surface area contributed by atoms with E-state index >= 15 is 0 Å². The van der Waals surface area contributed by atoms with Crippen LogP contribution in [-0.2, 0) is 6.54 Å². The molecule has 0 aliphatic heterocycles. The normalized spacial score (nSPS) is 14.7. The highest BCUT2D eigenvalue weighted by Gasteiger charge is 2.21. The standard InChI is InChI=1S/C10H16N2O4/c1-2-4-8(13)9(14)7-11-6-3-5-10(11)12(15)16/h3,5-6,8-9,13-14H,2,4,7H2,1H3. The average molecular weight is 228 g/mol. The van der Waals surface area contributed by atoms with Gasteiger partial charge in [0, 0.05) is 6.07 Å². The average Bonchev–Trinajstić information content (AvgIpc) is 2.66. The zero-order valence-corrected chi connectivity index (χ0v) is 9.11. The summed E-state index contributed by atoms with van der Waals surface area (Å²) in [6.07, 6.45) is 0.931. The van der Waals surface area contributed by atoms with Gasteiger partial charge < -0.3 is 20.3 Å². The molecule has 1 aromatic heterocycles. The zero-order valence-electron chi connectivity index (χ0n) is 9.11. The van der Waals surface area contributed by atoms with Crippen LogP contribution in [0.2, 0.25) is 0 Å². The second-order valence-corrected chi connectivity index (χ2v) is 3.70. The van der Waals surface area contributed by atoms with Crippen molar-refractivity contribution < 1.29 is 15.1 Å². The first-order valence-corrected chi connectivity index (χ1v) is 5.22. The van der Waals surface area contributed by atoms with E-state index in [1.807, 2.05) is 6.92 Å². The lowest BCUT2D eigenvalue weighted by Gasteiger charge is -2.15. The van der Waals surface area contributed by atoms with E-state index in [4.69, 9.17) is 0 Å². The summed E-state index contributed by atoms with van der Waals surface area (Å²) in [6, 6.07) is 2.90. The molecular weight excluding hydrogens is 212 g/mol. The van der Waals surface area contributed by atoms with Gasteiger partial charge in [-0.15, -0.1) is 0 Å². The summed E-state index contributed by atoms with van der Waals surface area (Å²) in [5, 5.41) is 29.7. The maximum absolute atomic E-state index is 10.6. The largest absolute Gasteiger partial charge is 0.390 e. The molecule has 0 radical (unpaired) electrons. The van der Waals surface area contributed by atoms with E-state index in [1.54, 1.807) is 0 Å². The third kappa shape index (κ3) is 3.04. The fourth-order valence-electron chi connectivity index (χ4n) is 1.54. The molecule has 2 unspecified atom stereocenters. The third-order valence-electron chi connectivity index (χ3n) is 2.40. The summed E-state index contributed by atoms with van der Waals surface area (Å²) in [4.78, 5) is 10.1. The van der Waals surface area contributed by atoms with Gasteiger partial charge in [-0.2, -0.15) is 0 Å². The number of aliphatic hydroxyl groups is 2. The summed E-state index contributed by atoms with van der Waals surface area (Å²) in [7, 11) is 0. The Morgan fingerprint density at radius 1 is 1.50 bits per heavy atom. The molecule has 0 aromatic carbocycles. The molecule has 0 spiro atoms. The highest BCUT2D eigenvalue weighted by Crippen LogP contribution is 2.14. The minimum absolute atomic E-state index is 0.0322. The Morgan fingerprint density at radius 3 is 2.75 bits per heavy atom. The summed E-state index contributed by atoms with van der Waals surface area (Å²) in [6.45, 7) is 1.93. The van der Waals surface area contributed by atoms with Crippen LogP contribution in [0.4, 0.5) is 5.82 Å². The molecule has 6 nitrogen and oxygen atoms in total. The quantitative estimate of drug-likeness (QED) is 0.559. The van der Waals surface area contributed by atoms with Gasteiger partial charge in [-0.05, 0) is 17.4 Å². The first-order chi connectivity index (χ1) is 7.56. The number of aliphatic hydroxyl groups excluding tert-OH is 2. The summed E-state index contributed by atoms with van der Waals surface area (Å²) >= 11 is 0. The van der Waals surface area contributed by atoms with Gasteiger partial charge in [0.05, 0.1) is 12.3 Å². The minimum Gasteiger partial charge on any atom is -0.390 e. The van der Waals surface area contributed by atoms with Gasteiger partial charge in [0.15, 0.2) is 0 Å². The van der Waals surface area contributed by atoms with Gasteiger partial charge in [0.1, 0.15) is 12.6 Å². The Labute approximate surface area is 93.3 Å². The predicted molar refractivity (Wildman–Crippen MR) is 58.0 cm³/mol. The van der Waals surface area contributed by atoms with Crippen molar-refractivity contribution in [1.29, 1.82) is 0 Å². The van der Waals surface area contributed by atoms with Crippen LogP contribution in [0, 0.1) is 10.1 Å². The molecule has 2 N–H and O–H groups in total. The molecule has 0 amide bonds. The van der Waals surface area contributed by atoms with Crippen LogP contribution >= 0.6 is 0 Å². The second-order valence-electron chi connectivity index (χ2n) is 3.70. The number of nitro groups is 1. The smallest absolute Gasteiger partial charge is 0.323 e. The molecule has 0 bridgehead atoms. The van der Waals surface area contributed by atoms with E-state index < -0.39 is 17.1 Å². The van der Waals surface area contributed by atoms with Crippen LogP contribution in [0.1, 0.15) is 19.8 Å². The second kappa shape index (κ2) is 5.62. The molecule has 0 saturated carbocycles. The molecule has 1 heterocycles. The van der Waals surface area contributed by atoms with Gasteiger partial charge >= 0.3 is 5.82 Å². The zero-order chi connectivity index (χ0) is 12.1. The molecule has 0 fully saturated rings. The molecule has 1 aromatic rings. The number of nitrogens with zero attached hydrogens (tertiary/aromatic N) is 2. The molecule has 0 aliphatic rings. The van der Waals surface area contributed by atoms with Gasteiger partial charge in [0.2, 0.25) is 0 Å². The topological polar surface area (TPSA) is 88.5 Å². The van der Waals surface area contributed by atoms with Crippen molar-refractivity contribution in [1.82, 2.24) is 4.57 Å². The molecule has 6 heteroatoms. The Morgan fingerprint density at radius 2 is 2.19 bits per heavy atom. The van der Waals surface area contributed by atoms with E-state index in [1.165, 1.54) is 22.9 Å². The summed E-state index contributed by atoms with van der Waals surface area (Å²) in [5.74, 6) is -0.0808. The first-order valence-electron chi connectivity index (χ1n) is 5.22. The SMILES string of the molecule is CCCC(O)C(O)Cn1cccc1[N+](=O)[O-]. The predicted octanol–water partition coefficient (Wildman–Crippen LogP) is 0.918. The Balaban J connectivity index is 2.65. The van der Waals surface area contributed by atoms with Crippen LogP contribution in [0.25, 0.3) is 0 Å². The van der Waals surface area contributed by atoms with Gasteiger partial charge in [-0.3, -0.25) is 0 Å². The molecular formula is C10H16N2O4. The van der Waals surface area contributed by atoms with Crippen LogP contribution < -0.4 is 0 Å². The Bertz CT molecular complexity index is 350. The lowest BCUT2D eigenvalue weighted by atomic mass is 10.1. The monoisotopic (exact) mass is 228 g/mol. The van der Waals surface area contributed by atoms with Crippen molar-refractivity contribution in [2.24, 2.45) is 0 Å². The van der Waals surface area contributed by atoms with Crippen molar-refractivity contribution in [3.05, 3.63) is 28.4 Å². The molecule has 0 saturated heterocycles. The molecule has 0 aliphatic carbocycles. The number of rotatable bonds is 6. The minimum atomic E-state index is -0.981. The third-order valence-corrected chi connectivity index (χ3v) is 2.40. The van der Waals surface area contributed by atoms with Crippen molar-refractivity contribution in [2.45, 2.75) is 38.5 Å². The molecule has 90 valence electrons. The lowest BCUT2D eigenvalue weighted by molar-refractivity contribution is -0.392. The number of hydrogen-bond acceptors (Lipinski definition) is 4. The van der Waals surface area contributed by atoms with Crippen LogP contribution in [0.15, 0.2) is 18.3 Å². The number of aromatic nitrogens is 1. The van der Waals surface area contributed by atoms with Gasteiger partial charge in [-0.1, -0.05) is 13.3 Å². The van der Waals surface area contributed by atoms with Crippen molar-refractivity contribution in [3.8, 4) is 0 Å². The summed E-state index contributed by atoms with van der Waals surface area (Å²) < 4.78 is 1.32. The Kier molecular flexibility index (Phi) is 4.45. The number of hydrogen-bond donors (Lipinski definition) is 2. The highest BCUT2D eigenvalue weighted by molar-refractivity contribution is 5.21. The van der Waals surface area contributed by atoms with E-state index in [-0.39, 0.29) is 12.4 Å². The van der Waals surface area contributed by atoms with E-state index in [9.17, 15) is 20.3 Å². The molecule has 2 atom stereocenters. The van der Waals surface area contributed by atoms with Gasteiger partial charge in [-0.25, -0.2) is 4.57 Å². The Hall–Kier alpha value is -1.40. The van der Waals surface area contributed by atoms with E-state index in [2.05, 4.69) is 0 Å². The lowest BCUT2D eigenvalue weighted by Crippen LogP contribution is -2.30. The van der Waals surface area contributed by atoms with Crippen LogP contribution in [0.3, 0.4) is 0 Å².